The molecule has 0 radical (unpaired) electrons. The molecule has 1 atom stereocenters. The average Bonchev–Trinajstić information content (AvgIpc) is 2.57. The second-order valence-electron chi connectivity index (χ2n) is 6.22. The number of nitrogens with zero attached hydrogens (tertiary/aromatic N) is 1. The molecule has 2 amide bonds. The second kappa shape index (κ2) is 5.94. The van der Waals surface area contributed by atoms with Crippen molar-refractivity contribution < 1.29 is 19.5 Å². The molecule has 2 rings (SSSR count). The van der Waals surface area contributed by atoms with Gasteiger partial charge in [-0.05, 0) is 26.2 Å². The van der Waals surface area contributed by atoms with Gasteiger partial charge in [0.05, 0.1) is 5.41 Å². The molecule has 0 bridgehead atoms. The highest BCUT2D eigenvalue weighted by Gasteiger charge is 2.52. The minimum Gasteiger partial charge on any atom is -0.481 e. The van der Waals surface area contributed by atoms with E-state index in [1.807, 2.05) is 0 Å². The zero-order chi connectivity index (χ0) is 14.8. The maximum absolute atomic E-state index is 12.7. The third kappa shape index (κ3) is 2.86. The molecule has 0 aromatic carbocycles. The Morgan fingerprint density at radius 2 is 1.85 bits per heavy atom. The molecule has 112 valence electrons. The van der Waals surface area contributed by atoms with Gasteiger partial charge >= 0.3 is 5.97 Å². The van der Waals surface area contributed by atoms with E-state index in [4.69, 9.17) is 5.11 Å². The van der Waals surface area contributed by atoms with E-state index in [1.165, 1.54) is 4.90 Å². The van der Waals surface area contributed by atoms with Crippen molar-refractivity contribution in [1.82, 2.24) is 4.90 Å². The minimum absolute atomic E-state index is 0.00870. The van der Waals surface area contributed by atoms with Crippen LogP contribution in [0.1, 0.15) is 64.7 Å². The van der Waals surface area contributed by atoms with Crippen LogP contribution in [0.3, 0.4) is 0 Å². The van der Waals surface area contributed by atoms with E-state index in [2.05, 4.69) is 0 Å². The Hall–Kier alpha value is -1.39. The highest BCUT2D eigenvalue weighted by atomic mass is 16.4. The molecule has 0 aromatic heterocycles. The summed E-state index contributed by atoms with van der Waals surface area (Å²) < 4.78 is 0. The second-order valence-corrected chi connectivity index (χ2v) is 6.22. The van der Waals surface area contributed by atoms with Crippen molar-refractivity contribution in [2.24, 2.45) is 5.41 Å². The lowest BCUT2D eigenvalue weighted by Crippen LogP contribution is -2.41. The number of likely N-dealkylation sites (tertiary alicyclic amines) is 1. The first kappa shape index (κ1) is 15.0. The summed E-state index contributed by atoms with van der Waals surface area (Å²) in [4.78, 5) is 36.9. The molecule has 2 aliphatic rings. The van der Waals surface area contributed by atoms with Crippen LogP contribution in [-0.2, 0) is 14.4 Å². The van der Waals surface area contributed by atoms with E-state index in [0.29, 0.717) is 12.8 Å². The van der Waals surface area contributed by atoms with Gasteiger partial charge in [0.2, 0.25) is 11.8 Å². The van der Waals surface area contributed by atoms with Crippen molar-refractivity contribution in [3.63, 3.8) is 0 Å². The van der Waals surface area contributed by atoms with Crippen LogP contribution in [0.25, 0.3) is 0 Å². The summed E-state index contributed by atoms with van der Waals surface area (Å²) >= 11 is 0. The third-order valence-electron chi connectivity index (χ3n) is 4.71. The molecule has 1 heterocycles. The van der Waals surface area contributed by atoms with Crippen LogP contribution in [0.5, 0.6) is 0 Å². The predicted molar refractivity (Wildman–Crippen MR) is 72.9 cm³/mol. The Balaban J connectivity index is 2.09. The summed E-state index contributed by atoms with van der Waals surface area (Å²) in [6.45, 7) is 1.77. The van der Waals surface area contributed by atoms with E-state index in [1.54, 1.807) is 6.92 Å². The molecule has 1 saturated heterocycles. The van der Waals surface area contributed by atoms with Gasteiger partial charge in [-0.3, -0.25) is 19.3 Å². The molecule has 1 aliphatic heterocycles. The lowest BCUT2D eigenvalue weighted by molar-refractivity contribution is -0.146. The Kier molecular flexibility index (Phi) is 4.45. The van der Waals surface area contributed by atoms with Crippen LogP contribution in [0.15, 0.2) is 0 Å². The van der Waals surface area contributed by atoms with Gasteiger partial charge in [0.1, 0.15) is 0 Å². The van der Waals surface area contributed by atoms with Gasteiger partial charge < -0.3 is 5.11 Å². The van der Waals surface area contributed by atoms with Crippen LogP contribution in [0, 0.1) is 5.41 Å². The fraction of sp³-hybridized carbons (Fsp3) is 0.800. The van der Waals surface area contributed by atoms with Crippen molar-refractivity contribution in [2.75, 3.05) is 0 Å². The Morgan fingerprint density at radius 1 is 1.25 bits per heavy atom. The Labute approximate surface area is 119 Å². The monoisotopic (exact) mass is 281 g/mol. The number of amides is 2. The number of carbonyl (C=O) groups is 3. The number of carboxylic acid groups (broad SMARTS) is 1. The van der Waals surface area contributed by atoms with E-state index >= 15 is 0 Å². The van der Waals surface area contributed by atoms with Crippen molar-refractivity contribution in [3.8, 4) is 0 Å². The quantitative estimate of drug-likeness (QED) is 0.803. The Bertz CT molecular complexity index is 410. The summed E-state index contributed by atoms with van der Waals surface area (Å²) in [7, 11) is 0. The summed E-state index contributed by atoms with van der Waals surface area (Å²) in [5, 5.41) is 8.73. The van der Waals surface area contributed by atoms with E-state index < -0.39 is 11.4 Å². The van der Waals surface area contributed by atoms with Crippen molar-refractivity contribution in [2.45, 2.75) is 70.8 Å². The summed E-state index contributed by atoms with van der Waals surface area (Å²) in [5.74, 6) is -1.06. The molecular formula is C15H23NO4. The smallest absolute Gasteiger partial charge is 0.303 e. The van der Waals surface area contributed by atoms with Crippen LogP contribution in [-0.4, -0.2) is 33.8 Å². The zero-order valence-electron chi connectivity index (χ0n) is 12.1. The first-order valence-electron chi connectivity index (χ1n) is 7.54. The maximum Gasteiger partial charge on any atom is 0.303 e. The summed E-state index contributed by atoms with van der Waals surface area (Å²) in [5.41, 5.74) is -0.481. The number of hydrogen-bond acceptors (Lipinski definition) is 3. The summed E-state index contributed by atoms with van der Waals surface area (Å²) in [6.07, 6.45) is 6.55. The molecule has 5 nitrogen and oxygen atoms in total. The largest absolute Gasteiger partial charge is 0.481 e. The molecule has 0 aromatic rings. The topological polar surface area (TPSA) is 74.7 Å². The van der Waals surface area contributed by atoms with Crippen LogP contribution in [0.2, 0.25) is 0 Å². The normalized spacial score (nSPS) is 23.9. The van der Waals surface area contributed by atoms with Crippen LogP contribution < -0.4 is 0 Å². The van der Waals surface area contributed by atoms with Crippen molar-refractivity contribution in [3.05, 3.63) is 0 Å². The molecule has 1 N–H and O–H groups in total. The van der Waals surface area contributed by atoms with Crippen molar-refractivity contribution in [1.29, 1.82) is 0 Å². The first-order valence-corrected chi connectivity index (χ1v) is 7.54. The van der Waals surface area contributed by atoms with E-state index in [9.17, 15) is 14.4 Å². The maximum atomic E-state index is 12.7. The predicted octanol–water partition coefficient (Wildman–Crippen LogP) is 2.34. The minimum atomic E-state index is -0.889. The molecule has 20 heavy (non-hydrogen) atoms. The summed E-state index contributed by atoms with van der Waals surface area (Å²) in [6, 6.07) is -0.311. The van der Waals surface area contributed by atoms with Gasteiger partial charge in [0.15, 0.2) is 0 Å². The number of imide groups is 1. The molecular weight excluding hydrogens is 258 g/mol. The van der Waals surface area contributed by atoms with Gasteiger partial charge in [-0.2, -0.15) is 0 Å². The lowest BCUT2D eigenvalue weighted by Gasteiger charge is -2.27. The number of carbonyl (C=O) groups excluding carboxylic acids is 2. The fourth-order valence-electron chi connectivity index (χ4n) is 3.52. The Morgan fingerprint density at radius 3 is 2.40 bits per heavy atom. The average molecular weight is 281 g/mol. The molecule has 1 spiro atoms. The number of aliphatic carboxylic acids is 1. The van der Waals surface area contributed by atoms with Crippen LogP contribution in [0.4, 0.5) is 0 Å². The van der Waals surface area contributed by atoms with E-state index in [-0.39, 0.29) is 24.3 Å². The fourth-order valence-corrected chi connectivity index (χ4v) is 3.52. The zero-order valence-corrected chi connectivity index (χ0v) is 12.1. The van der Waals surface area contributed by atoms with Crippen molar-refractivity contribution >= 4 is 17.8 Å². The molecule has 1 aliphatic carbocycles. The molecule has 5 heteroatoms. The molecule has 2 fully saturated rings. The SMILES string of the molecule is CC(CCC(=O)O)N1C(=O)CC2(CCCCCC2)C1=O. The number of carboxylic acids is 1. The van der Waals surface area contributed by atoms with Gasteiger partial charge in [0, 0.05) is 18.9 Å². The third-order valence-corrected chi connectivity index (χ3v) is 4.71. The highest BCUT2D eigenvalue weighted by molar-refractivity contribution is 6.06. The highest BCUT2D eigenvalue weighted by Crippen LogP contribution is 2.45. The number of hydrogen-bond donors (Lipinski definition) is 1. The standard InChI is InChI=1S/C15H23NO4/c1-11(6-7-13(18)19)16-12(17)10-15(14(16)20)8-4-2-3-5-9-15/h11H,2-10H2,1H3,(H,18,19). The van der Waals surface area contributed by atoms with E-state index in [0.717, 1.165) is 38.5 Å². The van der Waals surface area contributed by atoms with Gasteiger partial charge in [-0.15, -0.1) is 0 Å². The first-order chi connectivity index (χ1) is 9.46. The number of rotatable bonds is 4. The van der Waals surface area contributed by atoms with Gasteiger partial charge in [0.25, 0.3) is 0 Å². The lowest BCUT2D eigenvalue weighted by atomic mass is 9.79. The van der Waals surface area contributed by atoms with Gasteiger partial charge in [-0.1, -0.05) is 25.7 Å². The van der Waals surface area contributed by atoms with Gasteiger partial charge in [-0.25, -0.2) is 0 Å². The van der Waals surface area contributed by atoms with Crippen LogP contribution >= 0.6 is 0 Å². The molecule has 1 unspecified atom stereocenters. The molecule has 1 saturated carbocycles.